The minimum Gasteiger partial charge on any atom is -0.313 e. The van der Waals surface area contributed by atoms with E-state index in [0.717, 1.165) is 5.75 Å². The zero-order chi connectivity index (χ0) is 10.5. The van der Waals surface area contributed by atoms with Gasteiger partial charge in [-0.1, -0.05) is 18.0 Å². The first-order valence-corrected chi connectivity index (χ1v) is 7.61. The number of piperidine rings is 1. The molecular weight excluding hydrogens is 248 g/mol. The minimum absolute atomic E-state index is 0.654. The molecule has 0 bridgehead atoms. The molecule has 2 nitrogen and oxygen atoms in total. The fourth-order valence-electron chi connectivity index (χ4n) is 1.72. The van der Waals surface area contributed by atoms with Crippen LogP contribution in [0.25, 0.3) is 0 Å². The van der Waals surface area contributed by atoms with Crippen LogP contribution in [0.2, 0.25) is 4.47 Å². The third-order valence-electron chi connectivity index (χ3n) is 2.50. The van der Waals surface area contributed by atoms with E-state index >= 15 is 0 Å². The lowest BCUT2D eigenvalue weighted by Gasteiger charge is -2.22. The molecule has 1 aliphatic heterocycles. The molecule has 2 heterocycles. The van der Waals surface area contributed by atoms with Crippen LogP contribution >= 0.6 is 34.7 Å². The summed E-state index contributed by atoms with van der Waals surface area (Å²) in [6.45, 7) is 1.19. The van der Waals surface area contributed by atoms with Crippen molar-refractivity contribution in [3.05, 3.63) is 15.5 Å². The molecule has 1 atom stereocenters. The van der Waals surface area contributed by atoms with Gasteiger partial charge in [0.25, 0.3) is 0 Å². The molecule has 1 fully saturated rings. The maximum Gasteiger partial charge on any atom is 0.183 e. The van der Waals surface area contributed by atoms with E-state index in [9.17, 15) is 0 Å². The van der Waals surface area contributed by atoms with Crippen molar-refractivity contribution in [1.82, 2.24) is 10.3 Å². The summed E-state index contributed by atoms with van der Waals surface area (Å²) in [5.41, 5.74) is 0. The van der Waals surface area contributed by atoms with Gasteiger partial charge in [-0.15, -0.1) is 11.3 Å². The van der Waals surface area contributed by atoms with E-state index in [-0.39, 0.29) is 0 Å². The lowest BCUT2D eigenvalue weighted by atomic mass is 10.1. The first-order chi connectivity index (χ1) is 7.34. The second kappa shape index (κ2) is 6.09. The van der Waals surface area contributed by atoms with Crippen molar-refractivity contribution in [1.29, 1.82) is 0 Å². The molecule has 0 saturated carbocycles. The Labute approximate surface area is 104 Å². The molecule has 1 aromatic rings. The number of nitrogens with zero attached hydrogens (tertiary/aromatic N) is 1. The third kappa shape index (κ3) is 3.94. The number of nitrogens with one attached hydrogen (secondary N) is 1. The lowest BCUT2D eigenvalue weighted by Crippen LogP contribution is -2.35. The maximum absolute atomic E-state index is 5.77. The van der Waals surface area contributed by atoms with Crippen molar-refractivity contribution in [2.75, 3.05) is 12.3 Å². The summed E-state index contributed by atoms with van der Waals surface area (Å²) < 4.78 is 0.654. The number of thiazole rings is 1. The normalized spacial score (nSPS) is 21.8. The highest BCUT2D eigenvalue weighted by atomic mass is 35.5. The van der Waals surface area contributed by atoms with Crippen LogP contribution in [0.4, 0.5) is 0 Å². The van der Waals surface area contributed by atoms with E-state index in [0.29, 0.717) is 10.5 Å². The molecule has 0 amide bonds. The van der Waals surface area contributed by atoms with Crippen LogP contribution in [-0.4, -0.2) is 23.3 Å². The van der Waals surface area contributed by atoms with E-state index in [1.54, 1.807) is 11.3 Å². The molecule has 0 radical (unpaired) electrons. The molecular formula is C10H15ClN2S2. The molecule has 1 aliphatic rings. The SMILES string of the molecule is Clc1ncc(CSC[C@H]2CCCCN2)s1. The average molecular weight is 263 g/mol. The van der Waals surface area contributed by atoms with Gasteiger partial charge in [0, 0.05) is 28.6 Å². The maximum atomic E-state index is 5.77. The van der Waals surface area contributed by atoms with Crippen molar-refractivity contribution >= 4 is 34.7 Å². The Morgan fingerprint density at radius 2 is 2.53 bits per heavy atom. The fourth-order valence-corrected chi connectivity index (χ4v) is 3.94. The summed E-state index contributed by atoms with van der Waals surface area (Å²) >= 11 is 9.34. The Morgan fingerprint density at radius 1 is 1.60 bits per heavy atom. The predicted molar refractivity (Wildman–Crippen MR) is 68.9 cm³/mol. The van der Waals surface area contributed by atoms with Crippen LogP contribution in [0.1, 0.15) is 24.1 Å². The fraction of sp³-hybridized carbons (Fsp3) is 0.700. The van der Waals surface area contributed by atoms with Gasteiger partial charge in [0.1, 0.15) is 0 Å². The Bertz CT molecular complexity index is 297. The van der Waals surface area contributed by atoms with Gasteiger partial charge in [0.15, 0.2) is 4.47 Å². The van der Waals surface area contributed by atoms with Gasteiger partial charge < -0.3 is 5.32 Å². The number of hydrogen-bond acceptors (Lipinski definition) is 4. The highest BCUT2D eigenvalue weighted by Gasteiger charge is 2.12. The number of thioether (sulfide) groups is 1. The van der Waals surface area contributed by atoms with Crippen molar-refractivity contribution in [2.45, 2.75) is 31.1 Å². The summed E-state index contributed by atoms with van der Waals surface area (Å²) in [5.74, 6) is 2.25. The summed E-state index contributed by atoms with van der Waals surface area (Å²) in [4.78, 5) is 5.32. The van der Waals surface area contributed by atoms with Gasteiger partial charge in [-0.05, 0) is 19.4 Å². The molecule has 84 valence electrons. The van der Waals surface area contributed by atoms with E-state index in [2.05, 4.69) is 10.3 Å². The van der Waals surface area contributed by atoms with Gasteiger partial charge in [0.2, 0.25) is 0 Å². The standard InChI is InChI=1S/C10H15ClN2S2/c11-10-13-5-9(15-10)7-14-6-8-3-1-2-4-12-8/h5,8,12H,1-4,6-7H2/t8-/m1/s1. The zero-order valence-corrected chi connectivity index (χ0v) is 10.9. The largest absolute Gasteiger partial charge is 0.313 e. The van der Waals surface area contributed by atoms with Crippen LogP contribution < -0.4 is 5.32 Å². The molecule has 0 spiro atoms. The van der Waals surface area contributed by atoms with Crippen molar-refractivity contribution in [2.24, 2.45) is 0 Å². The van der Waals surface area contributed by atoms with E-state index in [1.807, 2.05) is 18.0 Å². The zero-order valence-electron chi connectivity index (χ0n) is 8.54. The monoisotopic (exact) mass is 262 g/mol. The first-order valence-electron chi connectivity index (χ1n) is 5.26. The molecule has 1 saturated heterocycles. The Hall–Kier alpha value is 0.230. The molecule has 0 aromatic carbocycles. The smallest absolute Gasteiger partial charge is 0.183 e. The van der Waals surface area contributed by atoms with Gasteiger partial charge in [-0.25, -0.2) is 4.98 Å². The number of aromatic nitrogens is 1. The van der Waals surface area contributed by atoms with Gasteiger partial charge in [-0.3, -0.25) is 0 Å². The van der Waals surface area contributed by atoms with Crippen LogP contribution in [-0.2, 0) is 5.75 Å². The van der Waals surface area contributed by atoms with E-state index in [1.165, 1.54) is 36.4 Å². The Balaban J connectivity index is 1.65. The lowest BCUT2D eigenvalue weighted by molar-refractivity contribution is 0.430. The molecule has 0 unspecified atom stereocenters. The summed E-state index contributed by atoms with van der Waals surface area (Å²) in [5, 5.41) is 3.55. The van der Waals surface area contributed by atoms with E-state index < -0.39 is 0 Å². The molecule has 0 aliphatic carbocycles. The second-order valence-electron chi connectivity index (χ2n) is 3.74. The highest BCUT2D eigenvalue weighted by molar-refractivity contribution is 7.98. The van der Waals surface area contributed by atoms with Crippen LogP contribution in [0.3, 0.4) is 0 Å². The minimum atomic E-state index is 0.654. The van der Waals surface area contributed by atoms with Crippen LogP contribution in [0.15, 0.2) is 6.20 Å². The molecule has 5 heteroatoms. The second-order valence-corrected chi connectivity index (χ2v) is 6.47. The average Bonchev–Trinajstić information content (AvgIpc) is 2.66. The van der Waals surface area contributed by atoms with Gasteiger partial charge in [-0.2, -0.15) is 11.8 Å². The molecule has 1 N–H and O–H groups in total. The molecule has 2 rings (SSSR count). The third-order valence-corrected chi connectivity index (χ3v) is 4.95. The number of hydrogen-bond donors (Lipinski definition) is 1. The summed E-state index contributed by atoms with van der Waals surface area (Å²) in [7, 11) is 0. The summed E-state index contributed by atoms with van der Waals surface area (Å²) in [6.07, 6.45) is 5.93. The quantitative estimate of drug-likeness (QED) is 0.902. The number of halogens is 1. The number of rotatable bonds is 4. The van der Waals surface area contributed by atoms with E-state index in [4.69, 9.17) is 11.6 Å². The predicted octanol–water partition coefficient (Wildman–Crippen LogP) is 3.17. The Morgan fingerprint density at radius 3 is 3.20 bits per heavy atom. The molecule has 15 heavy (non-hydrogen) atoms. The van der Waals surface area contributed by atoms with Crippen molar-refractivity contribution in [3.8, 4) is 0 Å². The van der Waals surface area contributed by atoms with Crippen LogP contribution in [0, 0.1) is 0 Å². The Kier molecular flexibility index (Phi) is 4.75. The first kappa shape index (κ1) is 11.7. The highest BCUT2D eigenvalue weighted by Crippen LogP contribution is 2.23. The molecule has 1 aromatic heterocycles. The van der Waals surface area contributed by atoms with Crippen molar-refractivity contribution in [3.63, 3.8) is 0 Å². The van der Waals surface area contributed by atoms with Crippen molar-refractivity contribution < 1.29 is 0 Å². The van der Waals surface area contributed by atoms with Gasteiger partial charge in [0.05, 0.1) is 0 Å². The topological polar surface area (TPSA) is 24.9 Å². The van der Waals surface area contributed by atoms with Gasteiger partial charge >= 0.3 is 0 Å². The summed E-state index contributed by atoms with van der Waals surface area (Å²) in [6, 6.07) is 0.715. The van der Waals surface area contributed by atoms with Crippen LogP contribution in [0.5, 0.6) is 0 Å².